The summed E-state index contributed by atoms with van der Waals surface area (Å²) in [4.78, 5) is 0. The van der Waals surface area contributed by atoms with Crippen molar-refractivity contribution in [2.75, 3.05) is 13.7 Å². The zero-order valence-corrected chi connectivity index (χ0v) is 12.4. The number of methoxy groups -OCH3 is 1. The van der Waals surface area contributed by atoms with Crippen molar-refractivity contribution in [1.82, 2.24) is 5.32 Å². The number of rotatable bonds is 8. The summed E-state index contributed by atoms with van der Waals surface area (Å²) in [7, 11) is 1.88. The summed E-state index contributed by atoms with van der Waals surface area (Å²) >= 11 is 1.79. The molecule has 1 aromatic rings. The lowest BCUT2D eigenvalue weighted by Crippen LogP contribution is -2.56. The van der Waals surface area contributed by atoms with Crippen molar-refractivity contribution in [3.63, 3.8) is 0 Å². The van der Waals surface area contributed by atoms with E-state index < -0.39 is 0 Å². The fourth-order valence-electron chi connectivity index (χ4n) is 2.84. The molecule has 102 valence electrons. The van der Waals surface area contributed by atoms with Gasteiger partial charge in [-0.15, -0.1) is 0 Å². The Morgan fingerprint density at radius 2 is 2.33 bits per heavy atom. The smallest absolute Gasteiger partial charge is 0.0831 e. The van der Waals surface area contributed by atoms with Gasteiger partial charge in [0.25, 0.3) is 0 Å². The van der Waals surface area contributed by atoms with Crippen LogP contribution < -0.4 is 5.32 Å². The molecule has 0 amide bonds. The van der Waals surface area contributed by atoms with Crippen LogP contribution in [0.4, 0.5) is 0 Å². The molecule has 0 spiro atoms. The number of ether oxygens (including phenoxy) is 1. The van der Waals surface area contributed by atoms with Crippen LogP contribution in [-0.2, 0) is 11.2 Å². The van der Waals surface area contributed by atoms with E-state index in [2.05, 4.69) is 29.1 Å². The first kappa shape index (κ1) is 14.0. The molecule has 0 radical (unpaired) electrons. The molecule has 1 aromatic heterocycles. The minimum absolute atomic E-state index is 0.116. The Labute approximate surface area is 115 Å². The van der Waals surface area contributed by atoms with E-state index >= 15 is 0 Å². The first-order chi connectivity index (χ1) is 8.80. The van der Waals surface area contributed by atoms with Crippen molar-refractivity contribution in [2.24, 2.45) is 0 Å². The third-order valence-electron chi connectivity index (χ3n) is 4.18. The molecule has 3 heteroatoms. The Morgan fingerprint density at radius 1 is 1.50 bits per heavy atom. The zero-order valence-electron chi connectivity index (χ0n) is 11.6. The Hall–Kier alpha value is -0.380. The standard InChI is InChI=1S/C15H25NOS/c1-3-10-16-14(15(17-2)8-4-9-15)6-5-13-7-11-18-12-13/h7,11-12,14,16H,3-6,8-10H2,1-2H3. The van der Waals surface area contributed by atoms with Crippen LogP contribution in [0.1, 0.15) is 44.6 Å². The average molecular weight is 267 g/mol. The number of hydrogen-bond donors (Lipinski definition) is 1. The van der Waals surface area contributed by atoms with Gasteiger partial charge in [-0.2, -0.15) is 11.3 Å². The predicted molar refractivity (Wildman–Crippen MR) is 78.3 cm³/mol. The highest BCUT2D eigenvalue weighted by Crippen LogP contribution is 2.39. The van der Waals surface area contributed by atoms with Gasteiger partial charge in [-0.25, -0.2) is 0 Å². The van der Waals surface area contributed by atoms with Gasteiger partial charge in [-0.05, 0) is 67.5 Å². The van der Waals surface area contributed by atoms with Gasteiger partial charge in [-0.3, -0.25) is 0 Å². The monoisotopic (exact) mass is 267 g/mol. The lowest BCUT2D eigenvalue weighted by atomic mass is 9.73. The van der Waals surface area contributed by atoms with Crippen molar-refractivity contribution in [1.29, 1.82) is 0 Å². The maximum absolute atomic E-state index is 5.84. The number of nitrogens with one attached hydrogen (secondary N) is 1. The van der Waals surface area contributed by atoms with Crippen LogP contribution in [-0.4, -0.2) is 25.3 Å². The molecule has 0 saturated heterocycles. The molecular formula is C15H25NOS. The number of aryl methyl sites for hydroxylation is 1. The first-order valence-electron chi connectivity index (χ1n) is 7.10. The summed E-state index contributed by atoms with van der Waals surface area (Å²) in [5, 5.41) is 8.13. The Morgan fingerprint density at radius 3 is 2.83 bits per heavy atom. The third kappa shape index (κ3) is 3.14. The minimum Gasteiger partial charge on any atom is -0.377 e. The van der Waals surface area contributed by atoms with Crippen LogP contribution >= 0.6 is 11.3 Å². The molecule has 18 heavy (non-hydrogen) atoms. The van der Waals surface area contributed by atoms with E-state index in [4.69, 9.17) is 4.74 Å². The van der Waals surface area contributed by atoms with Crippen molar-refractivity contribution < 1.29 is 4.74 Å². The maximum Gasteiger partial charge on any atom is 0.0831 e. The second-order valence-corrected chi connectivity index (χ2v) is 6.08. The fraction of sp³-hybridized carbons (Fsp3) is 0.733. The third-order valence-corrected chi connectivity index (χ3v) is 4.92. The van der Waals surface area contributed by atoms with E-state index in [0.717, 1.165) is 13.0 Å². The molecule has 1 saturated carbocycles. The molecule has 2 rings (SSSR count). The molecule has 0 aromatic carbocycles. The molecule has 1 N–H and O–H groups in total. The zero-order chi connectivity index (χ0) is 12.8. The molecule has 1 atom stereocenters. The highest BCUT2D eigenvalue weighted by Gasteiger charge is 2.43. The van der Waals surface area contributed by atoms with Crippen LogP contribution in [0, 0.1) is 0 Å². The van der Waals surface area contributed by atoms with E-state index in [1.165, 1.54) is 37.7 Å². The summed E-state index contributed by atoms with van der Waals surface area (Å²) in [6.07, 6.45) is 7.29. The second kappa shape index (κ2) is 6.69. The largest absolute Gasteiger partial charge is 0.377 e. The highest BCUT2D eigenvalue weighted by atomic mass is 32.1. The van der Waals surface area contributed by atoms with E-state index in [-0.39, 0.29) is 5.60 Å². The Kier molecular flexibility index (Phi) is 5.22. The summed E-state index contributed by atoms with van der Waals surface area (Å²) in [5.41, 5.74) is 1.58. The summed E-state index contributed by atoms with van der Waals surface area (Å²) in [6, 6.07) is 2.75. The van der Waals surface area contributed by atoms with Gasteiger partial charge in [0.15, 0.2) is 0 Å². The van der Waals surface area contributed by atoms with E-state index in [1.54, 1.807) is 11.3 Å². The molecule has 0 bridgehead atoms. The van der Waals surface area contributed by atoms with Gasteiger partial charge >= 0.3 is 0 Å². The van der Waals surface area contributed by atoms with Crippen LogP contribution in [0.25, 0.3) is 0 Å². The van der Waals surface area contributed by atoms with Crippen LogP contribution in [0.2, 0.25) is 0 Å². The summed E-state index contributed by atoms with van der Waals surface area (Å²) < 4.78 is 5.84. The number of thiophene rings is 1. The fourth-order valence-corrected chi connectivity index (χ4v) is 3.54. The molecular weight excluding hydrogens is 242 g/mol. The number of hydrogen-bond acceptors (Lipinski definition) is 3. The SMILES string of the molecule is CCCNC(CCc1ccsc1)C1(OC)CCC1. The van der Waals surface area contributed by atoms with Crippen molar-refractivity contribution in [3.8, 4) is 0 Å². The molecule has 1 unspecified atom stereocenters. The summed E-state index contributed by atoms with van der Waals surface area (Å²) in [5.74, 6) is 0. The van der Waals surface area contributed by atoms with Crippen molar-refractivity contribution >= 4 is 11.3 Å². The highest BCUT2D eigenvalue weighted by molar-refractivity contribution is 7.07. The van der Waals surface area contributed by atoms with Crippen molar-refractivity contribution in [3.05, 3.63) is 22.4 Å². The van der Waals surface area contributed by atoms with E-state index in [1.807, 2.05) is 7.11 Å². The molecule has 1 heterocycles. The van der Waals surface area contributed by atoms with E-state index in [9.17, 15) is 0 Å². The predicted octanol–water partition coefficient (Wildman–Crippen LogP) is 3.62. The Bertz CT molecular complexity index is 327. The maximum atomic E-state index is 5.84. The van der Waals surface area contributed by atoms with Crippen LogP contribution in [0.3, 0.4) is 0 Å². The van der Waals surface area contributed by atoms with Gasteiger partial charge in [0.1, 0.15) is 0 Å². The molecule has 0 aliphatic heterocycles. The lowest BCUT2D eigenvalue weighted by molar-refractivity contribution is -0.0997. The van der Waals surface area contributed by atoms with Gasteiger partial charge in [0, 0.05) is 13.2 Å². The second-order valence-electron chi connectivity index (χ2n) is 5.30. The molecule has 1 aliphatic carbocycles. The topological polar surface area (TPSA) is 21.3 Å². The van der Waals surface area contributed by atoms with Crippen molar-refractivity contribution in [2.45, 2.75) is 57.1 Å². The normalized spacial score (nSPS) is 19.4. The van der Waals surface area contributed by atoms with Gasteiger partial charge in [0.2, 0.25) is 0 Å². The van der Waals surface area contributed by atoms with Crippen LogP contribution in [0.15, 0.2) is 16.8 Å². The van der Waals surface area contributed by atoms with E-state index in [0.29, 0.717) is 6.04 Å². The molecule has 1 fully saturated rings. The minimum atomic E-state index is 0.116. The quantitative estimate of drug-likeness (QED) is 0.777. The molecule has 1 aliphatic rings. The Balaban J connectivity index is 1.91. The van der Waals surface area contributed by atoms with Gasteiger partial charge in [0.05, 0.1) is 5.60 Å². The summed E-state index contributed by atoms with van der Waals surface area (Å²) in [6.45, 7) is 3.32. The first-order valence-corrected chi connectivity index (χ1v) is 8.04. The lowest BCUT2D eigenvalue weighted by Gasteiger charge is -2.47. The molecule has 2 nitrogen and oxygen atoms in total. The average Bonchev–Trinajstić information content (AvgIpc) is 2.84. The van der Waals surface area contributed by atoms with Gasteiger partial charge < -0.3 is 10.1 Å². The van der Waals surface area contributed by atoms with Gasteiger partial charge in [-0.1, -0.05) is 6.92 Å². The van der Waals surface area contributed by atoms with Crippen LogP contribution in [0.5, 0.6) is 0 Å².